The van der Waals surface area contributed by atoms with E-state index in [4.69, 9.17) is 9.47 Å². The Morgan fingerprint density at radius 1 is 1.27 bits per heavy atom. The van der Waals surface area contributed by atoms with Crippen LogP contribution in [-0.4, -0.2) is 31.9 Å². The van der Waals surface area contributed by atoms with Crippen LogP contribution in [0.5, 0.6) is 5.75 Å². The summed E-state index contributed by atoms with van der Waals surface area (Å²) in [5.74, 6) is 0.814. The summed E-state index contributed by atoms with van der Waals surface area (Å²) in [6.07, 6.45) is 4.38. The number of nitrogens with one attached hydrogen (secondary N) is 2. The van der Waals surface area contributed by atoms with Gasteiger partial charge in [-0.05, 0) is 62.3 Å². The third-order valence-corrected chi connectivity index (χ3v) is 4.89. The third kappa shape index (κ3) is 3.19. The predicted molar refractivity (Wildman–Crippen MR) is 85.3 cm³/mol. The van der Waals surface area contributed by atoms with E-state index < -0.39 is 0 Å². The Labute approximate surface area is 131 Å². The highest BCUT2D eigenvalue weighted by molar-refractivity contribution is 5.89. The standard InChI is InChI=1S/C17H24N2O3/c1-2-22-14-5-3-13(4-6-14)18-16(20)19-15-7-8-17(15)9-11-21-12-10-17/h3-6,15H,2,7-12H2,1H3,(H2,18,19,20). The number of hydrogen-bond donors (Lipinski definition) is 2. The number of anilines is 1. The van der Waals surface area contributed by atoms with Crippen LogP contribution in [-0.2, 0) is 4.74 Å². The molecule has 2 amide bonds. The highest BCUT2D eigenvalue weighted by Crippen LogP contribution is 2.48. The minimum atomic E-state index is -0.125. The second-order valence-corrected chi connectivity index (χ2v) is 6.12. The first-order chi connectivity index (χ1) is 10.7. The molecule has 1 aliphatic heterocycles. The summed E-state index contributed by atoms with van der Waals surface area (Å²) in [6, 6.07) is 7.59. The van der Waals surface area contributed by atoms with E-state index in [1.165, 1.54) is 6.42 Å². The number of urea groups is 1. The highest BCUT2D eigenvalue weighted by atomic mass is 16.5. The van der Waals surface area contributed by atoms with Crippen molar-refractivity contribution in [2.45, 2.75) is 38.6 Å². The Balaban J connectivity index is 1.52. The molecule has 1 unspecified atom stereocenters. The molecule has 1 saturated heterocycles. The largest absolute Gasteiger partial charge is 0.494 e. The van der Waals surface area contributed by atoms with Crippen LogP contribution in [0.3, 0.4) is 0 Å². The molecular formula is C17H24N2O3. The molecule has 1 heterocycles. The van der Waals surface area contributed by atoms with Gasteiger partial charge in [0.15, 0.2) is 0 Å². The van der Waals surface area contributed by atoms with Crippen molar-refractivity contribution in [3.8, 4) is 5.75 Å². The molecule has 0 aromatic heterocycles. The summed E-state index contributed by atoms with van der Waals surface area (Å²) >= 11 is 0. The molecule has 0 bridgehead atoms. The van der Waals surface area contributed by atoms with E-state index in [9.17, 15) is 4.79 Å². The molecule has 1 atom stereocenters. The third-order valence-electron chi connectivity index (χ3n) is 4.89. The van der Waals surface area contributed by atoms with Crippen LogP contribution in [0.4, 0.5) is 10.5 Å². The molecule has 0 radical (unpaired) electrons. The summed E-state index contributed by atoms with van der Waals surface area (Å²) in [5, 5.41) is 6.02. The number of carbonyl (C=O) groups is 1. The topological polar surface area (TPSA) is 59.6 Å². The second kappa shape index (κ2) is 6.57. The molecule has 5 nitrogen and oxygen atoms in total. The Morgan fingerprint density at radius 2 is 2.00 bits per heavy atom. The number of rotatable bonds is 4. The molecule has 3 rings (SSSR count). The van der Waals surface area contributed by atoms with Gasteiger partial charge in [-0.2, -0.15) is 0 Å². The fraction of sp³-hybridized carbons (Fsp3) is 0.588. The van der Waals surface area contributed by atoms with Gasteiger partial charge in [-0.3, -0.25) is 0 Å². The number of benzene rings is 1. The molecule has 1 aliphatic carbocycles. The highest BCUT2D eigenvalue weighted by Gasteiger charge is 2.47. The lowest BCUT2D eigenvalue weighted by Crippen LogP contribution is -2.57. The Hall–Kier alpha value is -1.75. The van der Waals surface area contributed by atoms with Gasteiger partial charge >= 0.3 is 6.03 Å². The lowest BCUT2D eigenvalue weighted by molar-refractivity contribution is -0.0507. The van der Waals surface area contributed by atoms with Gasteiger partial charge in [-0.1, -0.05) is 0 Å². The average molecular weight is 304 g/mol. The van der Waals surface area contributed by atoms with Crippen LogP contribution in [0.15, 0.2) is 24.3 Å². The Morgan fingerprint density at radius 3 is 2.59 bits per heavy atom. The minimum absolute atomic E-state index is 0.125. The Kier molecular flexibility index (Phi) is 4.52. The van der Waals surface area contributed by atoms with Gasteiger partial charge < -0.3 is 20.1 Å². The molecule has 1 saturated carbocycles. The number of carbonyl (C=O) groups excluding carboxylic acids is 1. The van der Waals surface area contributed by atoms with Gasteiger partial charge in [0, 0.05) is 24.9 Å². The molecule has 22 heavy (non-hydrogen) atoms. The molecule has 1 spiro atoms. The Bertz CT molecular complexity index is 509. The number of amides is 2. The maximum atomic E-state index is 12.2. The molecular weight excluding hydrogens is 280 g/mol. The lowest BCUT2D eigenvalue weighted by atomic mass is 9.60. The predicted octanol–water partition coefficient (Wildman–Crippen LogP) is 3.17. The van der Waals surface area contributed by atoms with Crippen molar-refractivity contribution in [1.29, 1.82) is 0 Å². The fourth-order valence-corrected chi connectivity index (χ4v) is 3.43. The zero-order valence-corrected chi connectivity index (χ0v) is 13.1. The van der Waals surface area contributed by atoms with Crippen molar-refractivity contribution in [3.63, 3.8) is 0 Å². The normalized spacial score (nSPS) is 22.7. The first-order valence-electron chi connectivity index (χ1n) is 8.10. The van der Waals surface area contributed by atoms with Crippen LogP contribution in [0.25, 0.3) is 0 Å². The number of hydrogen-bond acceptors (Lipinski definition) is 3. The molecule has 5 heteroatoms. The van der Waals surface area contributed by atoms with Crippen molar-refractivity contribution in [2.75, 3.05) is 25.1 Å². The maximum absolute atomic E-state index is 12.2. The van der Waals surface area contributed by atoms with E-state index in [0.717, 1.165) is 43.9 Å². The summed E-state index contributed by atoms with van der Waals surface area (Å²) < 4.78 is 10.8. The summed E-state index contributed by atoms with van der Waals surface area (Å²) in [4.78, 5) is 12.2. The molecule has 120 valence electrons. The van der Waals surface area contributed by atoms with E-state index >= 15 is 0 Å². The lowest BCUT2D eigenvalue weighted by Gasteiger charge is -2.51. The molecule has 2 fully saturated rings. The molecule has 1 aromatic rings. The van der Waals surface area contributed by atoms with Crippen molar-refractivity contribution in [1.82, 2.24) is 5.32 Å². The van der Waals surface area contributed by atoms with Crippen molar-refractivity contribution < 1.29 is 14.3 Å². The van der Waals surface area contributed by atoms with Gasteiger partial charge in [0.1, 0.15) is 5.75 Å². The van der Waals surface area contributed by atoms with Crippen molar-refractivity contribution in [2.24, 2.45) is 5.41 Å². The fourth-order valence-electron chi connectivity index (χ4n) is 3.43. The zero-order chi connectivity index (χ0) is 15.4. The second-order valence-electron chi connectivity index (χ2n) is 6.12. The molecule has 2 aliphatic rings. The van der Waals surface area contributed by atoms with Crippen LogP contribution < -0.4 is 15.4 Å². The van der Waals surface area contributed by atoms with E-state index in [0.29, 0.717) is 6.61 Å². The van der Waals surface area contributed by atoms with Crippen LogP contribution in [0, 0.1) is 5.41 Å². The van der Waals surface area contributed by atoms with E-state index in [2.05, 4.69) is 10.6 Å². The summed E-state index contributed by atoms with van der Waals surface area (Å²) in [7, 11) is 0. The molecule has 2 N–H and O–H groups in total. The maximum Gasteiger partial charge on any atom is 0.319 e. The minimum Gasteiger partial charge on any atom is -0.494 e. The summed E-state index contributed by atoms with van der Waals surface area (Å²) in [6.45, 7) is 4.22. The zero-order valence-electron chi connectivity index (χ0n) is 13.1. The van der Waals surface area contributed by atoms with Gasteiger partial charge in [-0.25, -0.2) is 4.79 Å². The van der Waals surface area contributed by atoms with Crippen molar-refractivity contribution in [3.05, 3.63) is 24.3 Å². The van der Waals surface area contributed by atoms with E-state index in [1.54, 1.807) is 0 Å². The average Bonchev–Trinajstić information content (AvgIpc) is 2.55. The van der Waals surface area contributed by atoms with Gasteiger partial charge in [0.25, 0.3) is 0 Å². The van der Waals surface area contributed by atoms with Crippen molar-refractivity contribution >= 4 is 11.7 Å². The SMILES string of the molecule is CCOc1ccc(NC(=O)NC2CCC23CCOCC3)cc1. The smallest absolute Gasteiger partial charge is 0.319 e. The molecule has 1 aromatic carbocycles. The van der Waals surface area contributed by atoms with Gasteiger partial charge in [-0.15, -0.1) is 0 Å². The summed E-state index contributed by atoms with van der Waals surface area (Å²) in [5.41, 5.74) is 1.05. The number of ether oxygens (including phenoxy) is 2. The quantitative estimate of drug-likeness (QED) is 0.898. The first kappa shape index (κ1) is 15.2. The van der Waals surface area contributed by atoms with E-state index in [-0.39, 0.29) is 17.5 Å². The first-order valence-corrected chi connectivity index (χ1v) is 8.10. The van der Waals surface area contributed by atoms with Gasteiger partial charge in [0.2, 0.25) is 0 Å². The van der Waals surface area contributed by atoms with Gasteiger partial charge in [0.05, 0.1) is 6.61 Å². The monoisotopic (exact) mass is 304 g/mol. The van der Waals surface area contributed by atoms with Crippen LogP contribution in [0.1, 0.15) is 32.6 Å². The van der Waals surface area contributed by atoms with Crippen LogP contribution >= 0.6 is 0 Å². The van der Waals surface area contributed by atoms with E-state index in [1.807, 2.05) is 31.2 Å². The van der Waals surface area contributed by atoms with Crippen LogP contribution in [0.2, 0.25) is 0 Å².